The number of hydrogen-bond acceptors (Lipinski definition) is 6. The third-order valence-electron chi connectivity index (χ3n) is 3.20. The average Bonchev–Trinajstić information content (AvgIpc) is 2.61. The first-order valence-corrected chi connectivity index (χ1v) is 9.95. The van der Waals surface area contributed by atoms with E-state index in [4.69, 9.17) is 17.0 Å². The topological polar surface area (TPSA) is 131 Å². The van der Waals surface area contributed by atoms with Gasteiger partial charge in [0.15, 0.2) is 17.5 Å². The highest BCUT2D eigenvalue weighted by atomic mass is 127. The lowest BCUT2D eigenvalue weighted by Crippen LogP contribution is -2.37. The maximum Gasteiger partial charge on any atom is 0.337 e. The van der Waals surface area contributed by atoms with E-state index in [0.29, 0.717) is 3.57 Å². The van der Waals surface area contributed by atoms with Crippen LogP contribution in [0.2, 0.25) is 0 Å². The van der Waals surface area contributed by atoms with E-state index in [9.17, 15) is 24.8 Å². The molecule has 12 heteroatoms. The predicted octanol–water partition coefficient (Wildman–Crippen LogP) is 3.39. The molecule has 0 aliphatic heterocycles. The first kappa shape index (κ1) is 22.2. The third-order valence-corrected chi connectivity index (χ3v) is 4.88. The van der Waals surface area contributed by atoms with Crippen LogP contribution in [0.5, 0.6) is 5.75 Å². The average molecular weight is 627 g/mol. The number of ether oxygens (including phenoxy) is 1. The number of carbonyl (C=O) groups excluding carboxylic acids is 1. The monoisotopic (exact) mass is 627 g/mol. The molecule has 0 aliphatic carbocycles. The molecule has 0 radical (unpaired) electrons. The molecule has 0 saturated heterocycles. The normalized spacial score (nSPS) is 10.1. The molecule has 28 heavy (non-hydrogen) atoms. The summed E-state index contributed by atoms with van der Waals surface area (Å²) in [5.74, 6) is -1.86. The number of benzene rings is 2. The Hall–Kier alpha value is -2.07. The van der Waals surface area contributed by atoms with E-state index in [1.807, 2.05) is 45.2 Å². The first-order chi connectivity index (χ1) is 13.2. The number of halogens is 2. The Balaban J connectivity index is 2.02. The van der Waals surface area contributed by atoms with Gasteiger partial charge in [-0.3, -0.25) is 20.2 Å². The summed E-state index contributed by atoms with van der Waals surface area (Å²) in [6, 6.07) is 8.86. The molecule has 0 unspecified atom stereocenters. The molecule has 146 valence electrons. The first-order valence-electron chi connectivity index (χ1n) is 7.38. The van der Waals surface area contributed by atoms with Crippen LogP contribution >= 0.6 is 57.4 Å². The van der Waals surface area contributed by atoms with Gasteiger partial charge in [-0.2, -0.15) is 0 Å². The van der Waals surface area contributed by atoms with Gasteiger partial charge in [-0.15, -0.1) is 0 Å². The summed E-state index contributed by atoms with van der Waals surface area (Å²) in [5.41, 5.74) is -0.0157. The number of anilines is 1. The predicted molar refractivity (Wildman–Crippen MR) is 122 cm³/mol. The Kier molecular flexibility index (Phi) is 7.88. The number of carbonyl (C=O) groups is 2. The minimum atomic E-state index is -1.15. The summed E-state index contributed by atoms with van der Waals surface area (Å²) in [4.78, 5) is 33.7. The van der Waals surface area contributed by atoms with Crippen LogP contribution in [0, 0.1) is 17.3 Å². The van der Waals surface area contributed by atoms with Gasteiger partial charge in [-0.05, 0) is 75.6 Å². The Bertz CT molecular complexity index is 969. The Morgan fingerprint density at radius 3 is 2.57 bits per heavy atom. The maximum absolute atomic E-state index is 12.0. The second kappa shape index (κ2) is 9.92. The number of carboxylic acid groups (broad SMARTS) is 1. The fraction of sp³-hybridized carbons (Fsp3) is 0.0625. The molecule has 0 heterocycles. The number of thiocarbonyl (C=S) groups is 1. The number of nitrogens with zero attached hydrogens (tertiary/aromatic N) is 1. The molecule has 0 atom stereocenters. The van der Waals surface area contributed by atoms with Crippen LogP contribution in [-0.4, -0.2) is 33.6 Å². The lowest BCUT2D eigenvalue weighted by atomic mass is 10.2. The number of para-hydroxylation sites is 2. The third kappa shape index (κ3) is 5.96. The van der Waals surface area contributed by atoms with E-state index in [-0.39, 0.29) is 27.8 Å². The van der Waals surface area contributed by atoms with Gasteiger partial charge in [0.05, 0.1) is 16.2 Å². The van der Waals surface area contributed by atoms with Crippen molar-refractivity contribution in [1.82, 2.24) is 5.32 Å². The van der Waals surface area contributed by atoms with Crippen molar-refractivity contribution in [2.45, 2.75) is 0 Å². The highest BCUT2D eigenvalue weighted by Crippen LogP contribution is 2.27. The van der Waals surface area contributed by atoms with E-state index in [2.05, 4.69) is 10.6 Å². The van der Waals surface area contributed by atoms with E-state index in [0.717, 1.165) is 3.57 Å². The second-order valence-corrected chi connectivity index (χ2v) is 7.95. The molecule has 3 N–H and O–H groups in total. The van der Waals surface area contributed by atoms with Crippen molar-refractivity contribution in [3.05, 3.63) is 59.2 Å². The zero-order valence-corrected chi connectivity index (χ0v) is 18.9. The molecule has 1 amide bonds. The van der Waals surface area contributed by atoms with Gasteiger partial charge in [-0.1, -0.05) is 12.1 Å². The Morgan fingerprint density at radius 1 is 1.25 bits per heavy atom. The van der Waals surface area contributed by atoms with Gasteiger partial charge < -0.3 is 15.2 Å². The van der Waals surface area contributed by atoms with Gasteiger partial charge in [-0.25, -0.2) is 4.79 Å². The molecular formula is C16H11I2N3O6S. The lowest BCUT2D eigenvalue weighted by Gasteiger charge is -2.14. The molecule has 2 aromatic carbocycles. The molecule has 0 aliphatic rings. The SMILES string of the molecule is O=C(COc1ccccc1[N+](=O)[O-])NC(=S)Nc1c(I)cc(I)cc1C(=O)O. The van der Waals surface area contributed by atoms with Crippen LogP contribution in [-0.2, 0) is 4.79 Å². The van der Waals surface area contributed by atoms with Crippen molar-refractivity contribution < 1.29 is 24.4 Å². The van der Waals surface area contributed by atoms with Crippen molar-refractivity contribution in [2.75, 3.05) is 11.9 Å². The summed E-state index contributed by atoms with van der Waals surface area (Å²) >= 11 is 8.99. The van der Waals surface area contributed by atoms with Crippen LogP contribution in [0.1, 0.15) is 10.4 Å². The standard InChI is InChI=1S/C16H11I2N3O6S/c17-8-5-9(15(23)24)14(10(18)6-8)20-16(28)19-13(22)7-27-12-4-2-1-3-11(12)21(25)26/h1-6H,7H2,(H,23,24)(H2,19,20,22,28). The number of carboxylic acids is 1. The van der Waals surface area contributed by atoms with Gasteiger partial charge >= 0.3 is 11.7 Å². The minimum Gasteiger partial charge on any atom is -0.478 e. The highest BCUT2D eigenvalue weighted by molar-refractivity contribution is 14.1. The number of rotatable bonds is 6. The highest BCUT2D eigenvalue weighted by Gasteiger charge is 2.18. The van der Waals surface area contributed by atoms with Crippen LogP contribution < -0.4 is 15.4 Å². The van der Waals surface area contributed by atoms with Crippen molar-refractivity contribution >= 4 is 85.8 Å². The quantitative estimate of drug-likeness (QED) is 0.193. The van der Waals surface area contributed by atoms with Gasteiger partial charge in [0.25, 0.3) is 5.91 Å². The van der Waals surface area contributed by atoms with Gasteiger partial charge in [0.2, 0.25) is 0 Å². The number of amides is 1. The largest absolute Gasteiger partial charge is 0.478 e. The summed E-state index contributed by atoms with van der Waals surface area (Å²) in [6.07, 6.45) is 0. The molecule has 0 saturated carbocycles. The number of nitrogens with one attached hydrogen (secondary N) is 2. The van der Waals surface area contributed by atoms with Gasteiger partial charge in [0, 0.05) is 13.2 Å². The second-order valence-electron chi connectivity index (χ2n) is 5.13. The summed E-state index contributed by atoms with van der Waals surface area (Å²) in [7, 11) is 0. The van der Waals surface area contributed by atoms with E-state index in [1.54, 1.807) is 12.1 Å². The molecule has 9 nitrogen and oxygen atoms in total. The summed E-state index contributed by atoms with van der Waals surface area (Å²) in [6.45, 7) is -0.512. The van der Waals surface area contributed by atoms with Gasteiger partial charge in [0.1, 0.15) is 0 Å². The molecule has 0 spiro atoms. The number of nitro benzene ring substituents is 1. The zero-order valence-electron chi connectivity index (χ0n) is 13.8. The summed E-state index contributed by atoms with van der Waals surface area (Å²) < 4.78 is 6.52. The molecule has 0 bridgehead atoms. The number of hydrogen-bond donors (Lipinski definition) is 3. The van der Waals surface area contributed by atoms with E-state index < -0.39 is 23.4 Å². The number of nitro groups is 1. The van der Waals surface area contributed by atoms with E-state index >= 15 is 0 Å². The fourth-order valence-corrected chi connectivity index (χ4v) is 4.25. The molecule has 0 fully saturated rings. The summed E-state index contributed by atoms with van der Waals surface area (Å²) in [5, 5.41) is 25.2. The van der Waals surface area contributed by atoms with E-state index in [1.165, 1.54) is 24.3 Å². The maximum atomic E-state index is 12.0. The van der Waals surface area contributed by atoms with Crippen molar-refractivity contribution in [3.8, 4) is 5.75 Å². The van der Waals surface area contributed by atoms with Crippen LogP contribution in [0.4, 0.5) is 11.4 Å². The lowest BCUT2D eigenvalue weighted by molar-refractivity contribution is -0.385. The van der Waals surface area contributed by atoms with Crippen molar-refractivity contribution in [1.29, 1.82) is 0 Å². The van der Waals surface area contributed by atoms with Crippen LogP contribution in [0.25, 0.3) is 0 Å². The van der Waals surface area contributed by atoms with Crippen molar-refractivity contribution in [2.24, 2.45) is 0 Å². The number of aromatic carboxylic acids is 1. The van der Waals surface area contributed by atoms with Crippen LogP contribution in [0.15, 0.2) is 36.4 Å². The molecule has 2 rings (SSSR count). The fourth-order valence-electron chi connectivity index (χ4n) is 2.05. The zero-order chi connectivity index (χ0) is 20.8. The minimum absolute atomic E-state index is 0.00376. The molecular weight excluding hydrogens is 616 g/mol. The molecule has 2 aromatic rings. The Morgan fingerprint density at radius 2 is 1.93 bits per heavy atom. The molecule has 0 aromatic heterocycles. The Labute approximate surface area is 191 Å². The smallest absolute Gasteiger partial charge is 0.337 e. The van der Waals surface area contributed by atoms with Crippen molar-refractivity contribution in [3.63, 3.8) is 0 Å². The van der Waals surface area contributed by atoms with Crippen LogP contribution in [0.3, 0.4) is 0 Å².